The Morgan fingerprint density at radius 1 is 1.35 bits per heavy atom. The minimum atomic E-state index is -0.268. The maximum Gasteiger partial charge on any atom is 0.244 e. The number of hydrogen-bond acceptors (Lipinski definition) is 3. The fraction of sp³-hybridized carbons (Fsp3) is 0.562. The highest BCUT2D eigenvalue weighted by Crippen LogP contribution is 2.47. The van der Waals surface area contributed by atoms with Crippen LogP contribution in [0.3, 0.4) is 0 Å². The molecule has 106 valence electrons. The topological polar surface area (TPSA) is 41.6 Å². The summed E-state index contributed by atoms with van der Waals surface area (Å²) in [4.78, 5) is 14.8. The van der Waals surface area contributed by atoms with E-state index < -0.39 is 0 Å². The number of nitrogens with one attached hydrogen (secondary N) is 1. The van der Waals surface area contributed by atoms with Crippen LogP contribution in [0.1, 0.15) is 36.6 Å². The molecule has 1 aromatic rings. The predicted octanol–water partition coefficient (Wildman–Crippen LogP) is 1.75. The predicted molar refractivity (Wildman–Crippen MR) is 75.1 cm³/mol. The molecule has 2 aliphatic heterocycles. The lowest BCUT2D eigenvalue weighted by atomic mass is 10.0. The quantitative estimate of drug-likeness (QED) is 0.892. The molecule has 20 heavy (non-hydrogen) atoms. The third-order valence-corrected chi connectivity index (χ3v) is 4.87. The zero-order valence-corrected chi connectivity index (χ0v) is 11.8. The second kappa shape index (κ2) is 4.30. The molecule has 3 aliphatic rings. The van der Waals surface area contributed by atoms with E-state index in [9.17, 15) is 4.79 Å². The van der Waals surface area contributed by atoms with Gasteiger partial charge in [0, 0.05) is 6.61 Å². The molecule has 1 amide bonds. The standard InChI is InChI=1S/C16H20N2O2/c1-11-4-2-3-5-13(11)14-17-16(7-8-16)15(19)18(14)12-6-9-20-10-12/h2-5,12,14,17H,6-10H2,1H3. The van der Waals surface area contributed by atoms with Gasteiger partial charge in [0.2, 0.25) is 5.91 Å². The average molecular weight is 272 g/mol. The second-order valence-electron chi connectivity index (χ2n) is 6.22. The van der Waals surface area contributed by atoms with Gasteiger partial charge in [-0.2, -0.15) is 0 Å². The van der Waals surface area contributed by atoms with Gasteiger partial charge >= 0.3 is 0 Å². The molecule has 0 radical (unpaired) electrons. The van der Waals surface area contributed by atoms with Gasteiger partial charge in [-0.25, -0.2) is 0 Å². The molecule has 2 heterocycles. The van der Waals surface area contributed by atoms with E-state index in [2.05, 4.69) is 35.3 Å². The summed E-state index contributed by atoms with van der Waals surface area (Å²) < 4.78 is 5.50. The highest BCUT2D eigenvalue weighted by Gasteiger charge is 2.60. The first-order valence-electron chi connectivity index (χ1n) is 7.45. The fourth-order valence-corrected chi connectivity index (χ4v) is 3.48. The number of ether oxygens (including phenoxy) is 1. The van der Waals surface area contributed by atoms with Crippen molar-refractivity contribution < 1.29 is 9.53 Å². The van der Waals surface area contributed by atoms with Crippen LogP contribution in [0.15, 0.2) is 24.3 Å². The number of rotatable bonds is 2. The van der Waals surface area contributed by atoms with E-state index in [1.807, 2.05) is 6.07 Å². The molecule has 0 aromatic heterocycles. The lowest BCUT2D eigenvalue weighted by molar-refractivity contribution is -0.133. The van der Waals surface area contributed by atoms with Crippen molar-refractivity contribution in [2.24, 2.45) is 0 Å². The molecule has 4 rings (SSSR count). The van der Waals surface area contributed by atoms with Crippen molar-refractivity contribution in [2.75, 3.05) is 13.2 Å². The lowest BCUT2D eigenvalue weighted by Crippen LogP contribution is -2.41. The first kappa shape index (κ1) is 12.4. The molecule has 4 nitrogen and oxygen atoms in total. The molecule has 0 bridgehead atoms. The van der Waals surface area contributed by atoms with Gasteiger partial charge < -0.3 is 9.64 Å². The van der Waals surface area contributed by atoms with Crippen molar-refractivity contribution in [2.45, 2.75) is 43.9 Å². The largest absolute Gasteiger partial charge is 0.379 e. The summed E-state index contributed by atoms with van der Waals surface area (Å²) in [6.07, 6.45) is 2.90. The molecular weight excluding hydrogens is 252 g/mol. The fourth-order valence-electron chi connectivity index (χ4n) is 3.48. The van der Waals surface area contributed by atoms with E-state index >= 15 is 0 Å². The van der Waals surface area contributed by atoms with Gasteiger partial charge in [-0.1, -0.05) is 24.3 Å². The van der Waals surface area contributed by atoms with Crippen LogP contribution < -0.4 is 5.32 Å². The maximum atomic E-state index is 12.8. The van der Waals surface area contributed by atoms with E-state index in [4.69, 9.17) is 4.74 Å². The van der Waals surface area contributed by atoms with Gasteiger partial charge in [0.05, 0.1) is 12.6 Å². The summed E-state index contributed by atoms with van der Waals surface area (Å²) in [5, 5.41) is 3.60. The summed E-state index contributed by atoms with van der Waals surface area (Å²) in [5.74, 6) is 0.279. The second-order valence-corrected chi connectivity index (χ2v) is 6.22. The third kappa shape index (κ3) is 1.71. The highest BCUT2D eigenvalue weighted by atomic mass is 16.5. The van der Waals surface area contributed by atoms with Gasteiger partial charge in [0.25, 0.3) is 0 Å². The minimum absolute atomic E-state index is 0.0119. The number of carbonyl (C=O) groups excluding carboxylic acids is 1. The summed E-state index contributed by atoms with van der Waals surface area (Å²) >= 11 is 0. The van der Waals surface area contributed by atoms with Crippen molar-refractivity contribution in [1.82, 2.24) is 10.2 Å². The van der Waals surface area contributed by atoms with E-state index in [0.29, 0.717) is 6.61 Å². The normalized spacial score (nSPS) is 31.2. The SMILES string of the molecule is Cc1ccccc1C1NC2(CC2)C(=O)N1C1CCOC1. The van der Waals surface area contributed by atoms with E-state index in [-0.39, 0.29) is 23.7 Å². The van der Waals surface area contributed by atoms with Crippen molar-refractivity contribution in [3.05, 3.63) is 35.4 Å². The molecule has 2 saturated heterocycles. The van der Waals surface area contributed by atoms with E-state index in [1.54, 1.807) is 0 Å². The molecule has 1 saturated carbocycles. The Hall–Kier alpha value is -1.39. The van der Waals surface area contributed by atoms with Crippen LogP contribution in [0.2, 0.25) is 0 Å². The number of benzene rings is 1. The molecule has 1 aromatic carbocycles. The Kier molecular flexibility index (Phi) is 2.66. The van der Waals surface area contributed by atoms with Crippen molar-refractivity contribution in [1.29, 1.82) is 0 Å². The molecule has 1 aliphatic carbocycles. The number of amides is 1. The first-order chi connectivity index (χ1) is 9.71. The summed E-state index contributed by atoms with van der Waals surface area (Å²) in [7, 11) is 0. The smallest absolute Gasteiger partial charge is 0.244 e. The van der Waals surface area contributed by atoms with Crippen molar-refractivity contribution >= 4 is 5.91 Å². The Balaban J connectivity index is 1.73. The lowest BCUT2D eigenvalue weighted by Gasteiger charge is -2.30. The van der Waals surface area contributed by atoms with E-state index in [1.165, 1.54) is 11.1 Å². The van der Waals surface area contributed by atoms with Gasteiger partial charge in [0.1, 0.15) is 11.7 Å². The number of hydrogen-bond donors (Lipinski definition) is 1. The van der Waals surface area contributed by atoms with Gasteiger partial charge in [-0.15, -0.1) is 0 Å². The summed E-state index contributed by atoms with van der Waals surface area (Å²) in [5.41, 5.74) is 2.19. The monoisotopic (exact) mass is 272 g/mol. The van der Waals surface area contributed by atoms with Crippen LogP contribution in [0.5, 0.6) is 0 Å². The summed E-state index contributed by atoms with van der Waals surface area (Å²) in [6, 6.07) is 8.56. The van der Waals surface area contributed by atoms with Crippen LogP contribution in [0, 0.1) is 6.92 Å². The van der Waals surface area contributed by atoms with Crippen LogP contribution in [-0.2, 0) is 9.53 Å². The zero-order valence-electron chi connectivity index (χ0n) is 11.8. The van der Waals surface area contributed by atoms with Gasteiger partial charge in [-0.3, -0.25) is 10.1 Å². The van der Waals surface area contributed by atoms with Crippen LogP contribution in [0.4, 0.5) is 0 Å². The minimum Gasteiger partial charge on any atom is -0.379 e. The maximum absolute atomic E-state index is 12.8. The molecule has 1 spiro atoms. The van der Waals surface area contributed by atoms with Gasteiger partial charge in [0.15, 0.2) is 0 Å². The van der Waals surface area contributed by atoms with E-state index in [0.717, 1.165) is 25.9 Å². The molecule has 1 N–H and O–H groups in total. The highest BCUT2D eigenvalue weighted by molar-refractivity contribution is 5.92. The molecule has 2 unspecified atom stereocenters. The van der Waals surface area contributed by atoms with Crippen LogP contribution in [0.25, 0.3) is 0 Å². The molecule has 4 heteroatoms. The Morgan fingerprint density at radius 3 is 2.80 bits per heavy atom. The number of carbonyl (C=O) groups is 1. The molecule has 2 atom stereocenters. The number of aryl methyl sites for hydroxylation is 1. The van der Waals surface area contributed by atoms with Gasteiger partial charge in [-0.05, 0) is 37.3 Å². The average Bonchev–Trinajstić information content (AvgIpc) is 2.91. The molecule has 3 fully saturated rings. The first-order valence-corrected chi connectivity index (χ1v) is 7.45. The van der Waals surface area contributed by atoms with Crippen LogP contribution >= 0.6 is 0 Å². The third-order valence-electron chi connectivity index (χ3n) is 4.87. The Bertz CT molecular complexity index is 547. The van der Waals surface area contributed by atoms with Crippen LogP contribution in [-0.4, -0.2) is 35.6 Å². The van der Waals surface area contributed by atoms with Crippen molar-refractivity contribution in [3.8, 4) is 0 Å². The zero-order chi connectivity index (χ0) is 13.7. The molecular formula is C16H20N2O2. The Labute approximate surface area is 119 Å². The van der Waals surface area contributed by atoms with Crippen molar-refractivity contribution in [3.63, 3.8) is 0 Å². The Morgan fingerprint density at radius 2 is 2.15 bits per heavy atom. The number of nitrogens with zero attached hydrogens (tertiary/aromatic N) is 1. The summed E-state index contributed by atoms with van der Waals surface area (Å²) in [6.45, 7) is 3.55.